The van der Waals surface area contributed by atoms with Crippen molar-refractivity contribution in [2.45, 2.75) is 37.6 Å². The van der Waals surface area contributed by atoms with Crippen LogP contribution in [0.25, 0.3) is 0 Å². The van der Waals surface area contributed by atoms with Crippen LogP contribution in [0.1, 0.15) is 24.0 Å². The van der Waals surface area contributed by atoms with E-state index in [9.17, 15) is 8.42 Å². The van der Waals surface area contributed by atoms with Crippen LogP contribution in [0.4, 0.5) is 0 Å². The third-order valence-electron chi connectivity index (χ3n) is 3.66. The molecular formula is C14H22N2O2S. The van der Waals surface area contributed by atoms with Crippen molar-refractivity contribution >= 4 is 10.0 Å². The van der Waals surface area contributed by atoms with E-state index in [0.717, 1.165) is 30.5 Å². The zero-order chi connectivity index (χ0) is 14.0. The number of nitrogens with one attached hydrogen (secondary N) is 1. The molecule has 2 rings (SSSR count). The van der Waals surface area contributed by atoms with E-state index in [-0.39, 0.29) is 6.04 Å². The van der Waals surface area contributed by atoms with Gasteiger partial charge in [0.15, 0.2) is 0 Å². The molecule has 4 nitrogen and oxygen atoms in total. The van der Waals surface area contributed by atoms with Crippen molar-refractivity contribution in [3.8, 4) is 0 Å². The van der Waals surface area contributed by atoms with Crippen LogP contribution in [0.2, 0.25) is 0 Å². The van der Waals surface area contributed by atoms with Crippen LogP contribution in [0.5, 0.6) is 0 Å². The Morgan fingerprint density at radius 2 is 2.11 bits per heavy atom. The van der Waals surface area contributed by atoms with Gasteiger partial charge in [-0.15, -0.1) is 0 Å². The van der Waals surface area contributed by atoms with Crippen LogP contribution < -0.4 is 5.32 Å². The van der Waals surface area contributed by atoms with Crippen LogP contribution in [-0.2, 0) is 10.0 Å². The molecule has 0 amide bonds. The van der Waals surface area contributed by atoms with Gasteiger partial charge in [-0.1, -0.05) is 17.7 Å². The lowest BCUT2D eigenvalue weighted by Gasteiger charge is -2.22. The lowest BCUT2D eigenvalue weighted by Crippen LogP contribution is -2.38. The number of hydrogen-bond acceptors (Lipinski definition) is 3. The van der Waals surface area contributed by atoms with E-state index in [2.05, 4.69) is 5.32 Å². The maximum atomic E-state index is 12.6. The molecule has 5 heteroatoms. The third kappa shape index (κ3) is 3.16. The van der Waals surface area contributed by atoms with Gasteiger partial charge in [0, 0.05) is 19.6 Å². The first-order valence-corrected chi connectivity index (χ1v) is 8.12. The quantitative estimate of drug-likeness (QED) is 0.914. The minimum Gasteiger partial charge on any atom is -0.313 e. The summed E-state index contributed by atoms with van der Waals surface area (Å²) in [6, 6.07) is 5.75. The first-order chi connectivity index (χ1) is 8.91. The van der Waals surface area contributed by atoms with Crippen molar-refractivity contribution in [1.29, 1.82) is 0 Å². The molecule has 0 radical (unpaired) electrons. The molecule has 1 saturated heterocycles. The predicted octanol–water partition coefficient (Wildman–Crippen LogP) is 1.68. The lowest BCUT2D eigenvalue weighted by atomic mass is 10.2. The topological polar surface area (TPSA) is 49.4 Å². The third-order valence-corrected chi connectivity index (χ3v) is 5.64. The molecule has 0 aliphatic carbocycles. The van der Waals surface area contributed by atoms with Crippen LogP contribution >= 0.6 is 0 Å². The van der Waals surface area contributed by atoms with E-state index in [0.29, 0.717) is 11.4 Å². The molecule has 1 unspecified atom stereocenters. The summed E-state index contributed by atoms with van der Waals surface area (Å²) in [7, 11) is -1.72. The summed E-state index contributed by atoms with van der Waals surface area (Å²) in [6.07, 6.45) is 2.18. The Morgan fingerprint density at radius 3 is 2.68 bits per heavy atom. The molecule has 19 heavy (non-hydrogen) atoms. The standard InChI is InChI=1S/C14H22N2O2S/c1-11-6-7-14(12(2)9-11)19(17,18)16(3)10-13-5-4-8-15-13/h6-7,9,13,15H,4-5,8,10H2,1-3H3. The number of hydrogen-bond donors (Lipinski definition) is 1. The summed E-state index contributed by atoms with van der Waals surface area (Å²) < 4.78 is 26.6. The van der Waals surface area contributed by atoms with Crippen molar-refractivity contribution in [2.24, 2.45) is 0 Å². The van der Waals surface area contributed by atoms with Gasteiger partial charge in [-0.25, -0.2) is 8.42 Å². The molecule has 1 N–H and O–H groups in total. The SMILES string of the molecule is Cc1ccc(S(=O)(=O)N(C)CC2CCCN2)c(C)c1. The summed E-state index contributed by atoms with van der Waals surface area (Å²) in [5.74, 6) is 0. The highest BCUT2D eigenvalue weighted by molar-refractivity contribution is 7.89. The molecule has 1 aromatic rings. The number of aryl methyl sites for hydroxylation is 2. The van der Waals surface area contributed by atoms with Gasteiger partial charge in [-0.05, 0) is 44.9 Å². The molecule has 1 atom stereocenters. The summed E-state index contributed by atoms with van der Waals surface area (Å²) in [6.45, 7) is 5.34. The van der Waals surface area contributed by atoms with Gasteiger partial charge in [-0.2, -0.15) is 4.31 Å². The second kappa shape index (κ2) is 5.61. The van der Waals surface area contributed by atoms with Crippen LogP contribution in [0.15, 0.2) is 23.1 Å². The average molecular weight is 282 g/mol. The Balaban J connectivity index is 2.20. The van der Waals surface area contributed by atoms with Crippen molar-refractivity contribution in [2.75, 3.05) is 20.1 Å². The number of sulfonamides is 1. The molecule has 0 spiro atoms. The van der Waals surface area contributed by atoms with Gasteiger partial charge in [0.25, 0.3) is 0 Å². The van der Waals surface area contributed by atoms with Crippen LogP contribution in [0.3, 0.4) is 0 Å². The van der Waals surface area contributed by atoms with Crippen LogP contribution in [0, 0.1) is 13.8 Å². The molecule has 0 aromatic heterocycles. The number of likely N-dealkylation sites (N-methyl/N-ethyl adjacent to an activating group) is 1. The molecule has 1 heterocycles. The van der Waals surface area contributed by atoms with E-state index in [4.69, 9.17) is 0 Å². The zero-order valence-corrected chi connectivity index (χ0v) is 12.6. The molecule has 1 aliphatic heterocycles. The Labute approximate surface area is 115 Å². The maximum Gasteiger partial charge on any atom is 0.243 e. The molecular weight excluding hydrogens is 260 g/mol. The van der Waals surface area contributed by atoms with Gasteiger partial charge < -0.3 is 5.32 Å². The van der Waals surface area contributed by atoms with Crippen molar-refractivity contribution in [3.63, 3.8) is 0 Å². The van der Waals surface area contributed by atoms with Gasteiger partial charge in [0.05, 0.1) is 4.90 Å². The Kier molecular flexibility index (Phi) is 4.28. The fraction of sp³-hybridized carbons (Fsp3) is 0.571. The van der Waals surface area contributed by atoms with Gasteiger partial charge in [0.1, 0.15) is 0 Å². The molecule has 1 fully saturated rings. The number of benzene rings is 1. The maximum absolute atomic E-state index is 12.6. The Bertz CT molecular complexity index is 549. The van der Waals surface area contributed by atoms with E-state index >= 15 is 0 Å². The van der Waals surface area contributed by atoms with Crippen molar-refractivity contribution < 1.29 is 8.42 Å². The highest BCUT2D eigenvalue weighted by atomic mass is 32.2. The fourth-order valence-corrected chi connectivity index (χ4v) is 4.00. The van der Waals surface area contributed by atoms with Gasteiger partial charge >= 0.3 is 0 Å². The van der Waals surface area contributed by atoms with E-state index in [1.54, 1.807) is 13.1 Å². The van der Waals surface area contributed by atoms with Crippen LogP contribution in [-0.4, -0.2) is 38.9 Å². The molecule has 0 saturated carbocycles. The highest BCUT2D eigenvalue weighted by Crippen LogP contribution is 2.21. The number of nitrogens with zero attached hydrogens (tertiary/aromatic N) is 1. The fourth-order valence-electron chi connectivity index (χ4n) is 2.58. The monoisotopic (exact) mass is 282 g/mol. The molecule has 1 aliphatic rings. The highest BCUT2D eigenvalue weighted by Gasteiger charge is 2.26. The summed E-state index contributed by atoms with van der Waals surface area (Å²) in [5.41, 5.74) is 1.89. The van der Waals surface area contributed by atoms with E-state index in [1.165, 1.54) is 4.31 Å². The van der Waals surface area contributed by atoms with E-state index < -0.39 is 10.0 Å². The number of rotatable bonds is 4. The average Bonchev–Trinajstić information content (AvgIpc) is 2.81. The zero-order valence-electron chi connectivity index (χ0n) is 11.8. The summed E-state index contributed by atoms with van der Waals surface area (Å²) in [4.78, 5) is 0.415. The first-order valence-electron chi connectivity index (χ1n) is 6.68. The predicted molar refractivity (Wildman–Crippen MR) is 76.8 cm³/mol. The Morgan fingerprint density at radius 1 is 1.37 bits per heavy atom. The minimum absolute atomic E-state index is 0.283. The second-order valence-corrected chi connectivity index (χ2v) is 7.36. The summed E-state index contributed by atoms with van der Waals surface area (Å²) in [5, 5.41) is 3.33. The van der Waals surface area contributed by atoms with E-state index in [1.807, 2.05) is 26.0 Å². The second-order valence-electron chi connectivity index (χ2n) is 5.35. The normalized spacial score (nSPS) is 20.1. The van der Waals surface area contributed by atoms with Gasteiger partial charge in [-0.3, -0.25) is 0 Å². The minimum atomic E-state index is -3.38. The summed E-state index contributed by atoms with van der Waals surface area (Å²) >= 11 is 0. The largest absolute Gasteiger partial charge is 0.313 e. The molecule has 0 bridgehead atoms. The molecule has 106 valence electrons. The van der Waals surface area contributed by atoms with Gasteiger partial charge in [0.2, 0.25) is 10.0 Å². The Hall–Kier alpha value is -0.910. The lowest BCUT2D eigenvalue weighted by molar-refractivity contribution is 0.417. The van der Waals surface area contributed by atoms with Crippen molar-refractivity contribution in [1.82, 2.24) is 9.62 Å². The smallest absolute Gasteiger partial charge is 0.243 e. The van der Waals surface area contributed by atoms with Crippen molar-refractivity contribution in [3.05, 3.63) is 29.3 Å². The molecule has 1 aromatic carbocycles. The first kappa shape index (κ1) is 14.5.